The highest BCUT2D eigenvalue weighted by Gasteiger charge is 2.19. The number of hydrogen-bond donors (Lipinski definition) is 1. The van der Waals surface area contributed by atoms with Gasteiger partial charge >= 0.3 is 7.32 Å². The molecule has 0 bridgehead atoms. The molecule has 2 atom stereocenters. The molecule has 84 valence electrons. The summed E-state index contributed by atoms with van der Waals surface area (Å²) in [6, 6.07) is 0. The van der Waals surface area contributed by atoms with Gasteiger partial charge < -0.3 is 5.02 Å². The fourth-order valence-electron chi connectivity index (χ4n) is 0.399. The number of rotatable bonds is 8. The van der Waals surface area contributed by atoms with Crippen LogP contribution in [0.4, 0.5) is 8.78 Å². The first-order valence-electron chi connectivity index (χ1n) is 4.05. The van der Waals surface area contributed by atoms with Crippen molar-refractivity contribution in [2.45, 2.75) is 26.2 Å². The highest BCUT2D eigenvalue weighted by atomic mass is 19.1. The summed E-state index contributed by atoms with van der Waals surface area (Å²) >= 11 is 0. The number of hydrogen-bond acceptors (Lipinski definition) is 5. The minimum absolute atomic E-state index is 0.347. The van der Waals surface area contributed by atoms with Crippen LogP contribution in [0.5, 0.6) is 0 Å². The molecule has 0 aromatic heterocycles. The molecule has 1 N–H and O–H groups in total. The largest absolute Gasteiger partial charge is 0.694 e. The fraction of sp³-hybridized carbons (Fsp3) is 1.00. The van der Waals surface area contributed by atoms with Gasteiger partial charge in [-0.15, -0.1) is 0 Å². The molecule has 0 aliphatic heterocycles. The van der Waals surface area contributed by atoms with Gasteiger partial charge in [0.25, 0.3) is 0 Å². The molecule has 0 radical (unpaired) electrons. The molecule has 0 spiro atoms. The topological polar surface area (TPSA) is 57.2 Å². The van der Waals surface area contributed by atoms with E-state index >= 15 is 0 Å². The molecule has 0 fully saturated rings. The third kappa shape index (κ3) is 9.81. The third-order valence-electron chi connectivity index (χ3n) is 0.896. The zero-order valence-corrected chi connectivity index (χ0v) is 7.98. The Morgan fingerprint density at radius 1 is 1.07 bits per heavy atom. The first-order chi connectivity index (χ1) is 6.52. The van der Waals surface area contributed by atoms with E-state index < -0.39 is 19.7 Å². The lowest BCUT2D eigenvalue weighted by Crippen LogP contribution is -2.25. The second-order valence-electron chi connectivity index (χ2n) is 2.63. The Balaban J connectivity index is 3.23. The normalized spacial score (nSPS) is 15.2. The Bertz CT molecular complexity index is 123. The summed E-state index contributed by atoms with van der Waals surface area (Å²) in [5.74, 6) is 0. The van der Waals surface area contributed by atoms with Crippen LogP contribution in [0.3, 0.4) is 0 Å². The Labute approximate surface area is 80.9 Å². The van der Waals surface area contributed by atoms with Gasteiger partial charge in [0.2, 0.25) is 0 Å². The number of alkyl halides is 2. The third-order valence-corrected chi connectivity index (χ3v) is 0.896. The Hall–Kier alpha value is -0.275. The molecule has 0 amide bonds. The summed E-state index contributed by atoms with van der Waals surface area (Å²) in [5.41, 5.74) is 0. The maximum Gasteiger partial charge on any atom is 0.694 e. The quantitative estimate of drug-likeness (QED) is 0.363. The van der Waals surface area contributed by atoms with E-state index in [1.54, 1.807) is 0 Å². The zero-order chi connectivity index (χ0) is 11.0. The molecule has 0 saturated carbocycles. The van der Waals surface area contributed by atoms with Crippen molar-refractivity contribution in [1.29, 1.82) is 0 Å². The van der Waals surface area contributed by atoms with E-state index in [4.69, 9.17) is 5.02 Å². The second-order valence-corrected chi connectivity index (χ2v) is 2.63. The van der Waals surface area contributed by atoms with Gasteiger partial charge in [-0.2, -0.15) is 0 Å². The first-order valence-corrected chi connectivity index (χ1v) is 4.05. The maximum atomic E-state index is 12.1. The minimum Gasteiger partial charge on any atom is -0.399 e. The molecule has 14 heavy (non-hydrogen) atoms. The van der Waals surface area contributed by atoms with E-state index in [0.717, 1.165) is 0 Å². The monoisotopic (exact) mass is 214 g/mol. The Morgan fingerprint density at radius 3 is 1.71 bits per heavy atom. The minimum atomic E-state index is -1.83. The lowest BCUT2D eigenvalue weighted by atomic mass is 10.3. The molecule has 0 aromatic carbocycles. The molecule has 8 heteroatoms. The molecule has 0 aliphatic carbocycles. The average Bonchev–Trinajstić information content (AvgIpc) is 2.02. The lowest BCUT2D eigenvalue weighted by molar-refractivity contribution is -0.304. The van der Waals surface area contributed by atoms with E-state index in [-0.39, 0.29) is 13.2 Å². The van der Waals surface area contributed by atoms with E-state index in [9.17, 15) is 8.78 Å². The van der Waals surface area contributed by atoms with Crippen LogP contribution in [-0.4, -0.2) is 37.9 Å². The van der Waals surface area contributed by atoms with Crippen LogP contribution >= 0.6 is 0 Å². The van der Waals surface area contributed by atoms with Crippen molar-refractivity contribution in [3.05, 3.63) is 0 Å². The van der Waals surface area contributed by atoms with E-state index in [2.05, 4.69) is 19.4 Å². The summed E-state index contributed by atoms with van der Waals surface area (Å²) in [5, 5.41) is 8.74. The molecular weight excluding hydrogens is 201 g/mol. The molecule has 2 unspecified atom stereocenters. The van der Waals surface area contributed by atoms with Crippen LogP contribution in [0.1, 0.15) is 13.8 Å². The average molecular weight is 214 g/mol. The standard InChI is InChI=1S/C6H13BF2O5/c1-5(8)3-11-13-7(10)14-12-4-6(2)9/h5-6,10H,3-4H2,1-2H3. The van der Waals surface area contributed by atoms with Crippen molar-refractivity contribution >= 4 is 7.32 Å². The summed E-state index contributed by atoms with van der Waals surface area (Å²) < 4.78 is 24.2. The zero-order valence-electron chi connectivity index (χ0n) is 7.98. The van der Waals surface area contributed by atoms with Crippen LogP contribution in [-0.2, 0) is 19.4 Å². The fourth-order valence-corrected chi connectivity index (χ4v) is 0.399. The molecule has 0 saturated heterocycles. The Morgan fingerprint density at radius 2 is 1.43 bits per heavy atom. The van der Waals surface area contributed by atoms with E-state index in [1.165, 1.54) is 13.8 Å². The molecule has 0 heterocycles. The van der Waals surface area contributed by atoms with E-state index in [1.807, 2.05) is 0 Å². The van der Waals surface area contributed by atoms with Crippen LogP contribution in [0.25, 0.3) is 0 Å². The van der Waals surface area contributed by atoms with Crippen LogP contribution in [0.15, 0.2) is 0 Å². The lowest BCUT2D eigenvalue weighted by Gasteiger charge is -2.08. The van der Waals surface area contributed by atoms with Gasteiger partial charge in [0, 0.05) is 0 Å². The van der Waals surface area contributed by atoms with E-state index in [0.29, 0.717) is 0 Å². The van der Waals surface area contributed by atoms with Crippen molar-refractivity contribution in [2.24, 2.45) is 0 Å². The van der Waals surface area contributed by atoms with Gasteiger partial charge in [0.05, 0.1) is 0 Å². The van der Waals surface area contributed by atoms with Crippen molar-refractivity contribution < 1.29 is 33.2 Å². The van der Waals surface area contributed by atoms with Gasteiger partial charge in [0.15, 0.2) is 0 Å². The van der Waals surface area contributed by atoms with Gasteiger partial charge in [-0.05, 0) is 13.8 Å². The van der Waals surface area contributed by atoms with Crippen molar-refractivity contribution in [3.63, 3.8) is 0 Å². The summed E-state index contributed by atoms with van der Waals surface area (Å²) in [6.45, 7) is 1.80. The van der Waals surface area contributed by atoms with Gasteiger partial charge in [-0.1, -0.05) is 0 Å². The highest BCUT2D eigenvalue weighted by molar-refractivity contribution is 6.33. The van der Waals surface area contributed by atoms with Crippen LogP contribution in [0, 0.1) is 0 Å². The molecule has 5 nitrogen and oxygen atoms in total. The predicted octanol–water partition coefficient (Wildman–Crippen LogP) is 0.576. The highest BCUT2D eigenvalue weighted by Crippen LogP contribution is 1.95. The number of halogens is 2. The smallest absolute Gasteiger partial charge is 0.399 e. The summed E-state index contributed by atoms with van der Waals surface area (Å²) in [6.07, 6.45) is -2.46. The Kier molecular flexibility index (Phi) is 7.91. The van der Waals surface area contributed by atoms with Crippen LogP contribution < -0.4 is 0 Å². The maximum absolute atomic E-state index is 12.1. The SMILES string of the molecule is CC(F)COOB(O)OOCC(C)F. The van der Waals surface area contributed by atoms with Crippen molar-refractivity contribution in [3.8, 4) is 0 Å². The van der Waals surface area contributed by atoms with Gasteiger partial charge in [-0.25, -0.2) is 28.2 Å². The molecule has 0 aliphatic rings. The molecule has 0 aromatic rings. The second kappa shape index (κ2) is 8.07. The van der Waals surface area contributed by atoms with Crippen molar-refractivity contribution in [2.75, 3.05) is 13.2 Å². The summed E-state index contributed by atoms with van der Waals surface area (Å²) in [4.78, 5) is 16.5. The van der Waals surface area contributed by atoms with Gasteiger partial charge in [0.1, 0.15) is 25.6 Å². The van der Waals surface area contributed by atoms with Crippen LogP contribution in [0.2, 0.25) is 0 Å². The van der Waals surface area contributed by atoms with Gasteiger partial charge in [-0.3, -0.25) is 0 Å². The molecular formula is C6H13BF2O5. The molecule has 0 rings (SSSR count). The van der Waals surface area contributed by atoms with Crippen molar-refractivity contribution in [1.82, 2.24) is 0 Å². The predicted molar refractivity (Wildman–Crippen MR) is 43.2 cm³/mol. The first kappa shape index (κ1) is 13.7. The summed E-state index contributed by atoms with van der Waals surface area (Å²) in [7, 11) is -1.83.